The van der Waals surface area contributed by atoms with E-state index in [4.69, 9.17) is 14.2 Å². The summed E-state index contributed by atoms with van der Waals surface area (Å²) in [5.74, 6) is -1.52. The van der Waals surface area contributed by atoms with E-state index in [2.05, 4.69) is 9.97 Å². The van der Waals surface area contributed by atoms with Crippen molar-refractivity contribution in [3.05, 3.63) is 71.8 Å². The zero-order valence-electron chi connectivity index (χ0n) is 20.2. The highest BCUT2D eigenvalue weighted by atomic mass is 19.1. The summed E-state index contributed by atoms with van der Waals surface area (Å²) in [7, 11) is 0. The summed E-state index contributed by atoms with van der Waals surface area (Å²) in [6, 6.07) is 15.6. The second-order valence-electron chi connectivity index (χ2n) is 10.0. The Bertz CT molecular complexity index is 1450. The molecule has 0 bridgehead atoms. The fourth-order valence-electron chi connectivity index (χ4n) is 4.97. The van der Waals surface area contributed by atoms with E-state index in [0.29, 0.717) is 5.56 Å². The lowest BCUT2D eigenvalue weighted by Crippen LogP contribution is -2.34. The Morgan fingerprint density at radius 2 is 1.57 bits per heavy atom. The van der Waals surface area contributed by atoms with E-state index < -0.39 is 41.7 Å². The molecule has 2 fully saturated rings. The Kier molecular flexibility index (Phi) is 5.76. The number of fused-ring (bicyclic) bond motifs is 2. The van der Waals surface area contributed by atoms with Crippen molar-refractivity contribution in [3.8, 4) is 28.3 Å². The summed E-state index contributed by atoms with van der Waals surface area (Å²) in [6.07, 6.45) is -2.18. The van der Waals surface area contributed by atoms with E-state index in [-0.39, 0.29) is 35.8 Å². The van der Waals surface area contributed by atoms with Crippen LogP contribution in [0.4, 0.5) is 8.78 Å². The minimum absolute atomic E-state index is 0.0227. The molecule has 37 heavy (non-hydrogen) atoms. The highest BCUT2D eigenvalue weighted by Crippen LogP contribution is 2.35. The molecule has 9 heteroatoms. The first-order chi connectivity index (χ1) is 17.7. The average molecular weight is 509 g/mol. The Hall–Kier alpha value is -3.37. The fourth-order valence-corrected chi connectivity index (χ4v) is 4.97. The lowest BCUT2D eigenvalue weighted by molar-refractivity contribution is 0.00706. The molecule has 0 radical (unpaired) electrons. The zero-order valence-corrected chi connectivity index (χ0v) is 20.2. The summed E-state index contributed by atoms with van der Waals surface area (Å²) >= 11 is 0. The highest BCUT2D eigenvalue weighted by Gasteiger charge is 2.48. The number of ether oxygens (including phenoxy) is 3. The van der Waals surface area contributed by atoms with Crippen LogP contribution in [0.25, 0.3) is 33.3 Å². The molecule has 3 N–H and O–H groups in total. The molecule has 2 aliphatic heterocycles. The number of rotatable bonds is 5. The zero-order chi connectivity index (χ0) is 25.9. The van der Waals surface area contributed by atoms with E-state index in [1.54, 1.807) is 38.1 Å². The average Bonchev–Trinajstić information content (AvgIpc) is 3.56. The van der Waals surface area contributed by atoms with Crippen molar-refractivity contribution in [1.29, 1.82) is 0 Å². The SMILES string of the molecule is CC(C)(O)c1ccc(-c2ccc(-c3c(F)cc4[nH]c(O[C@H]5CO[C@@H]6[C@H]5OC[C@H]6O)nc4c3F)cc2)cc1. The Labute approximate surface area is 211 Å². The maximum Gasteiger partial charge on any atom is 0.295 e. The second-order valence-corrected chi connectivity index (χ2v) is 10.0. The Balaban J connectivity index is 1.26. The van der Waals surface area contributed by atoms with E-state index in [1.807, 2.05) is 24.3 Å². The number of benzene rings is 3. The number of halogens is 2. The minimum Gasteiger partial charge on any atom is -0.456 e. The normalized spacial score (nSPS) is 23.5. The molecule has 2 saturated heterocycles. The van der Waals surface area contributed by atoms with Crippen molar-refractivity contribution in [2.75, 3.05) is 13.2 Å². The van der Waals surface area contributed by atoms with Gasteiger partial charge in [-0.25, -0.2) is 8.78 Å². The predicted molar refractivity (Wildman–Crippen MR) is 132 cm³/mol. The van der Waals surface area contributed by atoms with Gasteiger partial charge in [-0.05, 0) is 36.1 Å². The number of imidazole rings is 1. The van der Waals surface area contributed by atoms with Crippen LogP contribution in [-0.2, 0) is 15.1 Å². The lowest BCUT2D eigenvalue weighted by atomic mass is 9.94. The van der Waals surface area contributed by atoms with E-state index in [0.717, 1.165) is 16.7 Å². The van der Waals surface area contributed by atoms with Crippen LogP contribution in [0.1, 0.15) is 19.4 Å². The maximum absolute atomic E-state index is 15.5. The van der Waals surface area contributed by atoms with Crippen LogP contribution in [0.2, 0.25) is 0 Å². The molecule has 3 heterocycles. The van der Waals surface area contributed by atoms with Gasteiger partial charge in [0.2, 0.25) is 0 Å². The molecule has 3 aromatic carbocycles. The van der Waals surface area contributed by atoms with E-state index >= 15 is 8.78 Å². The third-order valence-electron chi connectivity index (χ3n) is 6.99. The first kappa shape index (κ1) is 24.0. The molecule has 0 amide bonds. The summed E-state index contributed by atoms with van der Waals surface area (Å²) in [5.41, 5.74) is 1.97. The molecule has 6 rings (SSSR count). The van der Waals surface area contributed by atoms with Crippen LogP contribution >= 0.6 is 0 Å². The van der Waals surface area contributed by atoms with Crippen molar-refractivity contribution in [3.63, 3.8) is 0 Å². The molecular weight excluding hydrogens is 482 g/mol. The predicted octanol–water partition coefficient (Wildman–Crippen LogP) is 4.31. The summed E-state index contributed by atoms with van der Waals surface area (Å²) in [5, 5.41) is 20.0. The van der Waals surface area contributed by atoms with E-state index in [1.165, 1.54) is 6.07 Å². The number of aromatic amines is 1. The van der Waals surface area contributed by atoms with Crippen LogP contribution in [-0.4, -0.2) is 57.8 Å². The molecule has 2 aliphatic rings. The van der Waals surface area contributed by atoms with Gasteiger partial charge in [0, 0.05) is 6.07 Å². The number of aliphatic hydroxyl groups is 2. The molecule has 0 saturated carbocycles. The van der Waals surface area contributed by atoms with Crippen molar-refractivity contribution < 1.29 is 33.2 Å². The summed E-state index contributed by atoms with van der Waals surface area (Å²) in [6.45, 7) is 3.79. The van der Waals surface area contributed by atoms with Gasteiger partial charge in [0.1, 0.15) is 29.6 Å². The number of aromatic nitrogens is 2. The molecule has 4 atom stereocenters. The van der Waals surface area contributed by atoms with Crippen LogP contribution in [0.15, 0.2) is 54.6 Å². The molecule has 7 nitrogen and oxygen atoms in total. The van der Waals surface area contributed by atoms with Crippen LogP contribution in [0, 0.1) is 11.6 Å². The van der Waals surface area contributed by atoms with Gasteiger partial charge in [-0.15, -0.1) is 0 Å². The van der Waals surface area contributed by atoms with Crippen LogP contribution < -0.4 is 4.74 Å². The van der Waals surface area contributed by atoms with Crippen molar-refractivity contribution in [2.45, 2.75) is 43.9 Å². The van der Waals surface area contributed by atoms with Gasteiger partial charge < -0.3 is 29.4 Å². The minimum atomic E-state index is -0.937. The summed E-state index contributed by atoms with van der Waals surface area (Å²) < 4.78 is 47.5. The molecule has 192 valence electrons. The van der Waals surface area contributed by atoms with Crippen LogP contribution in [0.3, 0.4) is 0 Å². The lowest BCUT2D eigenvalue weighted by Gasteiger charge is -2.18. The third kappa shape index (κ3) is 4.27. The largest absolute Gasteiger partial charge is 0.456 e. The van der Waals surface area contributed by atoms with Gasteiger partial charge in [0.15, 0.2) is 11.9 Å². The third-order valence-corrected chi connectivity index (χ3v) is 6.99. The molecule has 0 spiro atoms. The van der Waals surface area contributed by atoms with Gasteiger partial charge in [0.05, 0.1) is 29.9 Å². The van der Waals surface area contributed by atoms with Gasteiger partial charge in [-0.2, -0.15) is 4.98 Å². The summed E-state index contributed by atoms with van der Waals surface area (Å²) in [4.78, 5) is 7.03. The van der Waals surface area contributed by atoms with Crippen molar-refractivity contribution in [1.82, 2.24) is 9.97 Å². The number of hydrogen-bond acceptors (Lipinski definition) is 6. The molecule has 4 aromatic rings. The van der Waals surface area contributed by atoms with Gasteiger partial charge in [-0.3, -0.25) is 0 Å². The van der Waals surface area contributed by atoms with Gasteiger partial charge >= 0.3 is 0 Å². The monoisotopic (exact) mass is 508 g/mol. The molecular formula is C28H26F2N2O5. The van der Waals surface area contributed by atoms with Gasteiger partial charge in [0.25, 0.3) is 6.01 Å². The molecule has 1 aromatic heterocycles. The number of hydrogen-bond donors (Lipinski definition) is 3. The fraction of sp³-hybridized carbons (Fsp3) is 0.321. The number of nitrogens with zero attached hydrogens (tertiary/aromatic N) is 1. The first-order valence-electron chi connectivity index (χ1n) is 12.1. The topological polar surface area (TPSA) is 96.8 Å². The Morgan fingerprint density at radius 3 is 2.24 bits per heavy atom. The standard InChI is InChI=1S/C28H26F2N2O5/c1-28(2,34)17-9-7-15(8-10-17)14-3-5-16(6-4-14)22-18(29)11-19-24(23(22)30)32-27(31-19)37-21-13-36-25-20(33)12-35-26(21)25/h3-11,20-21,25-26,33-34H,12-13H2,1-2H3,(H,31,32)/t20-,21+,25+,26+/m1/s1. The molecule has 0 aliphatic carbocycles. The quantitative estimate of drug-likeness (QED) is 0.372. The second kappa shape index (κ2) is 8.88. The Morgan fingerprint density at radius 1 is 0.946 bits per heavy atom. The maximum atomic E-state index is 15.5. The number of aliphatic hydroxyl groups excluding tert-OH is 1. The smallest absolute Gasteiger partial charge is 0.295 e. The van der Waals surface area contributed by atoms with Crippen molar-refractivity contribution >= 4 is 11.0 Å². The first-order valence-corrected chi connectivity index (χ1v) is 12.1. The molecule has 0 unspecified atom stereocenters. The highest BCUT2D eigenvalue weighted by molar-refractivity contribution is 5.84. The van der Waals surface area contributed by atoms with Crippen molar-refractivity contribution in [2.24, 2.45) is 0 Å². The van der Waals surface area contributed by atoms with Gasteiger partial charge in [-0.1, -0.05) is 48.5 Å². The van der Waals surface area contributed by atoms with Crippen LogP contribution in [0.5, 0.6) is 6.01 Å². The van der Waals surface area contributed by atoms with E-state index in [9.17, 15) is 10.2 Å². The number of H-pyrrole nitrogens is 1. The number of nitrogens with one attached hydrogen (secondary N) is 1.